The van der Waals surface area contributed by atoms with Gasteiger partial charge >= 0.3 is 23.3 Å². The summed E-state index contributed by atoms with van der Waals surface area (Å²) in [5.74, 6) is -1.82. The summed E-state index contributed by atoms with van der Waals surface area (Å²) >= 11 is 0. The molecule has 0 fully saturated rings. The fourth-order valence-corrected chi connectivity index (χ4v) is 2.90. The second-order valence-corrected chi connectivity index (χ2v) is 5.97. The van der Waals surface area contributed by atoms with Crippen LogP contribution in [-0.4, -0.2) is 36.8 Å². The zero-order valence-electron chi connectivity index (χ0n) is 10.0. The standard InChI is InChI=1S/C10H5F7O4S/c11-8(9(12,13)14,10(15,16)17)22(20,21)6-3-1-2-5(4-6)7(18)19/h1-4H,(H,18,19). The predicted octanol–water partition coefficient (Wildman–Crippen LogP) is 2.95. The van der Waals surface area contributed by atoms with Gasteiger partial charge in [-0.25, -0.2) is 17.6 Å². The first-order valence-corrected chi connectivity index (χ1v) is 6.55. The van der Waals surface area contributed by atoms with E-state index in [0.717, 1.165) is 0 Å². The molecular weight excluding hydrogens is 349 g/mol. The Morgan fingerprint density at radius 3 is 1.77 bits per heavy atom. The Labute approximate surface area is 118 Å². The molecule has 0 radical (unpaired) electrons. The van der Waals surface area contributed by atoms with Crippen molar-refractivity contribution in [3.63, 3.8) is 0 Å². The van der Waals surface area contributed by atoms with Crippen LogP contribution in [0.25, 0.3) is 0 Å². The van der Waals surface area contributed by atoms with Gasteiger partial charge in [-0.1, -0.05) is 6.07 Å². The highest BCUT2D eigenvalue weighted by Gasteiger charge is 2.80. The average Bonchev–Trinajstić information content (AvgIpc) is 2.35. The Balaban J connectivity index is 3.69. The minimum Gasteiger partial charge on any atom is -0.478 e. The number of carboxylic acids is 1. The quantitative estimate of drug-likeness (QED) is 0.848. The van der Waals surface area contributed by atoms with Crippen LogP contribution in [0.2, 0.25) is 0 Å². The molecule has 0 atom stereocenters. The number of hydrogen-bond donors (Lipinski definition) is 1. The van der Waals surface area contributed by atoms with E-state index in [9.17, 15) is 43.9 Å². The molecule has 124 valence electrons. The molecule has 1 N–H and O–H groups in total. The van der Waals surface area contributed by atoms with E-state index in [0.29, 0.717) is 12.1 Å². The summed E-state index contributed by atoms with van der Waals surface area (Å²) < 4.78 is 111. The number of carboxylic acid groups (broad SMARTS) is 1. The summed E-state index contributed by atoms with van der Waals surface area (Å²) in [7, 11) is -6.65. The second-order valence-electron chi connectivity index (χ2n) is 3.93. The molecule has 1 aromatic rings. The third-order valence-corrected chi connectivity index (χ3v) is 4.57. The van der Waals surface area contributed by atoms with Gasteiger partial charge in [0.25, 0.3) is 0 Å². The maximum absolute atomic E-state index is 13.6. The topological polar surface area (TPSA) is 71.4 Å². The minimum atomic E-state index is -6.82. The van der Waals surface area contributed by atoms with Crippen molar-refractivity contribution in [3.05, 3.63) is 29.8 Å². The Hall–Kier alpha value is -1.85. The third kappa shape index (κ3) is 2.62. The van der Waals surface area contributed by atoms with Crippen molar-refractivity contribution >= 4 is 15.8 Å². The van der Waals surface area contributed by atoms with Crippen LogP contribution in [0.1, 0.15) is 10.4 Å². The third-order valence-electron chi connectivity index (χ3n) is 2.49. The highest BCUT2D eigenvalue weighted by atomic mass is 32.2. The molecule has 0 aliphatic rings. The van der Waals surface area contributed by atoms with Crippen LogP contribution in [0.3, 0.4) is 0 Å². The monoisotopic (exact) mass is 354 g/mol. The number of rotatable bonds is 3. The van der Waals surface area contributed by atoms with Gasteiger partial charge in [-0.05, 0) is 18.2 Å². The number of carbonyl (C=O) groups is 1. The van der Waals surface area contributed by atoms with Crippen molar-refractivity contribution in [3.8, 4) is 0 Å². The predicted molar refractivity (Wildman–Crippen MR) is 56.5 cm³/mol. The summed E-state index contributed by atoms with van der Waals surface area (Å²) in [4.78, 5) is 8.83. The molecule has 0 saturated carbocycles. The van der Waals surface area contributed by atoms with E-state index < -0.39 is 43.6 Å². The van der Waals surface area contributed by atoms with Crippen LogP contribution in [0.5, 0.6) is 0 Å². The van der Waals surface area contributed by atoms with Gasteiger partial charge < -0.3 is 5.11 Å². The van der Waals surface area contributed by atoms with Gasteiger partial charge in [-0.3, -0.25) is 0 Å². The van der Waals surface area contributed by atoms with E-state index in [1.54, 1.807) is 0 Å². The molecule has 12 heteroatoms. The van der Waals surface area contributed by atoms with Gasteiger partial charge in [0, 0.05) is 0 Å². The zero-order valence-corrected chi connectivity index (χ0v) is 10.9. The number of hydrogen-bond acceptors (Lipinski definition) is 3. The van der Waals surface area contributed by atoms with Gasteiger partial charge in [-0.2, -0.15) is 26.3 Å². The fraction of sp³-hybridized carbons (Fsp3) is 0.300. The molecule has 0 spiro atoms. The molecule has 4 nitrogen and oxygen atoms in total. The lowest BCUT2D eigenvalue weighted by Gasteiger charge is -2.29. The summed E-state index contributed by atoms with van der Waals surface area (Å²) in [6, 6.07) is 1.52. The maximum Gasteiger partial charge on any atom is 0.447 e. The van der Waals surface area contributed by atoms with Crippen molar-refractivity contribution < 1.29 is 49.1 Å². The molecule has 0 saturated heterocycles. The Kier molecular flexibility index (Phi) is 4.22. The normalized spacial score (nSPS) is 14.0. The van der Waals surface area contributed by atoms with Crippen LogP contribution in [0, 0.1) is 0 Å². The molecular formula is C10H5F7O4S. The van der Waals surface area contributed by atoms with Gasteiger partial charge in [0.2, 0.25) is 9.84 Å². The van der Waals surface area contributed by atoms with E-state index in [1.807, 2.05) is 0 Å². The molecule has 1 rings (SSSR count). The SMILES string of the molecule is O=C(O)c1cccc(S(=O)(=O)C(F)(C(F)(F)F)C(F)(F)F)c1. The van der Waals surface area contributed by atoms with Crippen molar-refractivity contribution in [1.29, 1.82) is 0 Å². The van der Waals surface area contributed by atoms with Gasteiger partial charge in [0.05, 0.1) is 10.5 Å². The first kappa shape index (κ1) is 18.2. The van der Waals surface area contributed by atoms with Crippen molar-refractivity contribution in [1.82, 2.24) is 0 Å². The molecule has 0 aliphatic heterocycles. The van der Waals surface area contributed by atoms with E-state index >= 15 is 0 Å². The van der Waals surface area contributed by atoms with E-state index in [1.165, 1.54) is 0 Å². The van der Waals surface area contributed by atoms with Crippen molar-refractivity contribution in [2.45, 2.75) is 22.2 Å². The van der Waals surface area contributed by atoms with Gasteiger partial charge in [0.1, 0.15) is 0 Å². The highest BCUT2D eigenvalue weighted by molar-refractivity contribution is 7.92. The maximum atomic E-state index is 13.6. The molecule has 0 aromatic heterocycles. The summed E-state index contributed by atoms with van der Waals surface area (Å²) in [5, 5.41) is 2.00. The second kappa shape index (κ2) is 5.11. The van der Waals surface area contributed by atoms with Crippen LogP contribution < -0.4 is 0 Å². The number of benzene rings is 1. The number of sulfone groups is 1. The molecule has 22 heavy (non-hydrogen) atoms. The first-order chi connectivity index (χ1) is 9.66. The Bertz CT molecular complexity index is 676. The fourth-order valence-electron chi connectivity index (χ4n) is 1.42. The first-order valence-electron chi connectivity index (χ1n) is 5.06. The lowest BCUT2D eigenvalue weighted by Crippen LogP contribution is -2.58. The molecule has 0 aliphatic carbocycles. The lowest BCUT2D eigenvalue weighted by atomic mass is 10.2. The zero-order chi connectivity index (χ0) is 17.6. The number of aromatic carboxylic acids is 1. The smallest absolute Gasteiger partial charge is 0.447 e. The average molecular weight is 354 g/mol. The summed E-state index contributed by atoms with van der Waals surface area (Å²) in [5.41, 5.74) is -0.923. The number of halogens is 7. The molecule has 0 heterocycles. The van der Waals surface area contributed by atoms with E-state index in [4.69, 9.17) is 5.11 Å². The van der Waals surface area contributed by atoms with E-state index in [-0.39, 0.29) is 12.1 Å². The summed E-state index contributed by atoms with van der Waals surface area (Å²) in [6.07, 6.45) is -13.6. The van der Waals surface area contributed by atoms with Crippen LogP contribution in [-0.2, 0) is 9.84 Å². The van der Waals surface area contributed by atoms with Gasteiger partial charge in [-0.15, -0.1) is 0 Å². The molecule has 1 aromatic carbocycles. The Morgan fingerprint density at radius 1 is 0.955 bits per heavy atom. The number of alkyl halides is 7. The van der Waals surface area contributed by atoms with Crippen LogP contribution >= 0.6 is 0 Å². The minimum absolute atomic E-state index is 0.00345. The summed E-state index contributed by atoms with van der Waals surface area (Å²) in [6.45, 7) is 0. The van der Waals surface area contributed by atoms with E-state index in [2.05, 4.69) is 0 Å². The Morgan fingerprint density at radius 2 is 1.41 bits per heavy atom. The highest BCUT2D eigenvalue weighted by Crippen LogP contribution is 2.51. The molecule has 0 amide bonds. The molecule has 0 bridgehead atoms. The largest absolute Gasteiger partial charge is 0.478 e. The van der Waals surface area contributed by atoms with Gasteiger partial charge in [0.15, 0.2) is 0 Å². The van der Waals surface area contributed by atoms with Crippen LogP contribution in [0.4, 0.5) is 30.7 Å². The molecule has 0 unspecified atom stereocenters. The van der Waals surface area contributed by atoms with Crippen molar-refractivity contribution in [2.75, 3.05) is 0 Å². The van der Waals surface area contributed by atoms with Crippen molar-refractivity contribution in [2.24, 2.45) is 0 Å². The lowest BCUT2D eigenvalue weighted by molar-refractivity contribution is -0.305. The van der Waals surface area contributed by atoms with Crippen LogP contribution in [0.15, 0.2) is 29.2 Å².